The van der Waals surface area contributed by atoms with Crippen LogP contribution in [-0.4, -0.2) is 45.4 Å². The number of hydrogen-bond donors (Lipinski definition) is 2. The molecule has 0 fully saturated rings. The number of benzene rings is 1. The van der Waals surface area contributed by atoms with Crippen molar-refractivity contribution < 1.29 is 28.6 Å². The third kappa shape index (κ3) is 4.16. The minimum absolute atomic E-state index is 0.0748. The molecule has 8 heteroatoms. The van der Waals surface area contributed by atoms with Crippen molar-refractivity contribution in [2.75, 3.05) is 27.4 Å². The lowest BCUT2D eigenvalue weighted by Gasteiger charge is -2.29. The molecule has 0 aromatic heterocycles. The molecule has 8 nitrogen and oxygen atoms in total. The first-order valence-corrected chi connectivity index (χ1v) is 7.61. The van der Waals surface area contributed by atoms with Gasteiger partial charge in [-0.05, 0) is 18.6 Å². The van der Waals surface area contributed by atoms with Gasteiger partial charge in [-0.15, -0.1) is 0 Å². The first-order valence-electron chi connectivity index (χ1n) is 7.61. The van der Waals surface area contributed by atoms with Crippen molar-refractivity contribution in [3.8, 4) is 0 Å². The lowest BCUT2D eigenvalue weighted by Crippen LogP contribution is -2.45. The lowest BCUT2D eigenvalue weighted by atomic mass is 9.92. The van der Waals surface area contributed by atoms with Crippen LogP contribution in [0.3, 0.4) is 0 Å². The Kier molecular flexibility index (Phi) is 6.13. The number of ether oxygens (including phenoxy) is 3. The van der Waals surface area contributed by atoms with E-state index in [1.54, 1.807) is 31.2 Å². The number of urea groups is 1. The third-order valence-corrected chi connectivity index (χ3v) is 3.69. The smallest absolute Gasteiger partial charge is 0.338 e. The van der Waals surface area contributed by atoms with E-state index in [9.17, 15) is 14.4 Å². The number of esters is 2. The number of hydrogen-bond acceptors (Lipinski definition) is 6. The summed E-state index contributed by atoms with van der Waals surface area (Å²) in [7, 11) is 2.76. The van der Waals surface area contributed by atoms with Crippen molar-refractivity contribution in [1.82, 2.24) is 10.6 Å². The van der Waals surface area contributed by atoms with Gasteiger partial charge in [-0.1, -0.05) is 18.2 Å². The van der Waals surface area contributed by atoms with Gasteiger partial charge in [0.1, 0.15) is 6.61 Å². The number of carbonyl (C=O) groups is 3. The normalized spacial score (nSPS) is 16.8. The summed E-state index contributed by atoms with van der Waals surface area (Å²) in [6, 6.07) is 5.29. The average Bonchev–Trinajstić information content (AvgIpc) is 2.60. The Morgan fingerprint density at radius 1 is 1.12 bits per heavy atom. The Morgan fingerprint density at radius 2 is 1.84 bits per heavy atom. The van der Waals surface area contributed by atoms with Crippen molar-refractivity contribution in [2.45, 2.75) is 13.0 Å². The highest BCUT2D eigenvalue weighted by molar-refractivity contribution is 5.97. The second-order valence-corrected chi connectivity index (χ2v) is 5.28. The van der Waals surface area contributed by atoms with Gasteiger partial charge in [0.15, 0.2) is 0 Å². The second-order valence-electron chi connectivity index (χ2n) is 5.28. The Hall–Kier alpha value is -2.87. The minimum Gasteiger partial charge on any atom is -0.465 e. The lowest BCUT2D eigenvalue weighted by molar-refractivity contribution is -0.140. The predicted octanol–water partition coefficient (Wildman–Crippen LogP) is 1.29. The monoisotopic (exact) mass is 348 g/mol. The number of amides is 2. The topological polar surface area (TPSA) is 103 Å². The molecule has 0 bridgehead atoms. The van der Waals surface area contributed by atoms with E-state index in [-0.39, 0.29) is 24.4 Å². The molecular formula is C17H20N2O6. The van der Waals surface area contributed by atoms with Crippen LogP contribution in [0.25, 0.3) is 0 Å². The molecule has 25 heavy (non-hydrogen) atoms. The molecule has 1 aromatic carbocycles. The molecule has 1 aliphatic rings. The fraction of sp³-hybridized carbons (Fsp3) is 0.353. The quantitative estimate of drug-likeness (QED) is 0.593. The highest BCUT2D eigenvalue weighted by Crippen LogP contribution is 2.30. The van der Waals surface area contributed by atoms with Crippen molar-refractivity contribution in [3.05, 3.63) is 46.7 Å². The molecule has 2 rings (SSSR count). The van der Waals surface area contributed by atoms with Gasteiger partial charge in [0.05, 0.1) is 30.9 Å². The molecule has 0 saturated carbocycles. The van der Waals surface area contributed by atoms with Gasteiger partial charge >= 0.3 is 18.0 Å². The maximum absolute atomic E-state index is 12.5. The summed E-state index contributed by atoms with van der Waals surface area (Å²) in [4.78, 5) is 36.4. The highest BCUT2D eigenvalue weighted by Gasteiger charge is 2.34. The average molecular weight is 348 g/mol. The summed E-state index contributed by atoms with van der Waals surface area (Å²) < 4.78 is 14.8. The zero-order chi connectivity index (χ0) is 18.4. The summed E-state index contributed by atoms with van der Waals surface area (Å²) in [5.41, 5.74) is 1.28. The van der Waals surface area contributed by atoms with Crippen LogP contribution in [0.2, 0.25) is 0 Å². The Labute approximate surface area is 145 Å². The van der Waals surface area contributed by atoms with Gasteiger partial charge in [0.25, 0.3) is 0 Å². The zero-order valence-electron chi connectivity index (χ0n) is 14.3. The molecule has 2 amide bonds. The van der Waals surface area contributed by atoms with Gasteiger partial charge in [-0.2, -0.15) is 0 Å². The molecule has 1 aromatic rings. The van der Waals surface area contributed by atoms with Crippen LogP contribution in [0.1, 0.15) is 28.9 Å². The Balaban J connectivity index is 2.43. The first-order chi connectivity index (χ1) is 12.0. The Bertz CT molecular complexity index is 713. The minimum atomic E-state index is -0.834. The van der Waals surface area contributed by atoms with Crippen molar-refractivity contribution in [3.63, 3.8) is 0 Å². The number of carbonyl (C=O) groups excluding carboxylic acids is 3. The molecule has 1 atom stereocenters. The summed E-state index contributed by atoms with van der Waals surface area (Å²) in [6.07, 6.45) is 0. The molecule has 2 N–H and O–H groups in total. The summed E-state index contributed by atoms with van der Waals surface area (Å²) in [6.45, 7) is 1.92. The maximum atomic E-state index is 12.5. The fourth-order valence-corrected chi connectivity index (χ4v) is 2.54. The van der Waals surface area contributed by atoms with Crippen LogP contribution >= 0.6 is 0 Å². The number of methoxy groups -OCH3 is 2. The van der Waals surface area contributed by atoms with E-state index in [0.29, 0.717) is 11.3 Å². The van der Waals surface area contributed by atoms with E-state index in [1.807, 2.05) is 0 Å². The predicted molar refractivity (Wildman–Crippen MR) is 87.7 cm³/mol. The van der Waals surface area contributed by atoms with Crippen molar-refractivity contribution in [2.24, 2.45) is 0 Å². The number of allylic oxidation sites excluding steroid dienone is 1. The summed E-state index contributed by atoms with van der Waals surface area (Å²) >= 11 is 0. The van der Waals surface area contributed by atoms with E-state index in [1.165, 1.54) is 14.2 Å². The largest absolute Gasteiger partial charge is 0.465 e. The molecule has 0 radical (unpaired) electrons. The zero-order valence-corrected chi connectivity index (χ0v) is 14.3. The van der Waals surface area contributed by atoms with E-state index in [0.717, 1.165) is 0 Å². The van der Waals surface area contributed by atoms with Gasteiger partial charge < -0.3 is 24.8 Å². The van der Waals surface area contributed by atoms with E-state index >= 15 is 0 Å². The van der Waals surface area contributed by atoms with Crippen LogP contribution in [0.5, 0.6) is 0 Å². The maximum Gasteiger partial charge on any atom is 0.338 e. The molecular weight excluding hydrogens is 328 g/mol. The Morgan fingerprint density at radius 3 is 2.52 bits per heavy atom. The SMILES string of the molecule is COCCOC(=O)C1=C(C)NC(=O)NC1c1ccccc1C(=O)OC. The van der Waals surface area contributed by atoms with Crippen LogP contribution < -0.4 is 10.6 Å². The summed E-state index contributed by atoms with van der Waals surface area (Å²) in [5, 5.41) is 5.20. The standard InChI is InChI=1S/C17H20N2O6/c1-10-13(16(21)25-9-8-23-2)14(19-17(22)18-10)11-6-4-5-7-12(11)15(20)24-3/h4-7,14H,8-9H2,1-3H3,(H2,18,19,22). The van der Waals surface area contributed by atoms with Crippen LogP contribution in [0.4, 0.5) is 4.79 Å². The molecule has 134 valence electrons. The third-order valence-electron chi connectivity index (χ3n) is 3.69. The number of nitrogens with one attached hydrogen (secondary N) is 2. The van der Waals surface area contributed by atoms with Gasteiger partial charge in [-0.3, -0.25) is 0 Å². The van der Waals surface area contributed by atoms with Crippen LogP contribution in [0, 0.1) is 0 Å². The van der Waals surface area contributed by atoms with Gasteiger partial charge in [0.2, 0.25) is 0 Å². The molecule has 0 saturated heterocycles. The van der Waals surface area contributed by atoms with E-state index in [2.05, 4.69) is 10.6 Å². The van der Waals surface area contributed by atoms with E-state index < -0.39 is 24.0 Å². The summed E-state index contributed by atoms with van der Waals surface area (Å²) in [5.74, 6) is -1.17. The highest BCUT2D eigenvalue weighted by atomic mass is 16.6. The fourth-order valence-electron chi connectivity index (χ4n) is 2.54. The molecule has 0 spiro atoms. The molecule has 1 heterocycles. The first kappa shape index (κ1) is 18.5. The van der Waals surface area contributed by atoms with Crippen molar-refractivity contribution in [1.29, 1.82) is 0 Å². The molecule has 0 aliphatic carbocycles. The number of rotatable bonds is 6. The molecule has 1 aliphatic heterocycles. The van der Waals surface area contributed by atoms with Crippen LogP contribution in [0.15, 0.2) is 35.5 Å². The molecule has 1 unspecified atom stereocenters. The van der Waals surface area contributed by atoms with Crippen molar-refractivity contribution >= 4 is 18.0 Å². The second kappa shape index (κ2) is 8.29. The van der Waals surface area contributed by atoms with Gasteiger partial charge in [-0.25, -0.2) is 14.4 Å². The van der Waals surface area contributed by atoms with Gasteiger partial charge in [0, 0.05) is 12.8 Å². The van der Waals surface area contributed by atoms with E-state index in [4.69, 9.17) is 14.2 Å². The van der Waals surface area contributed by atoms with Crippen LogP contribution in [-0.2, 0) is 19.0 Å².